The van der Waals surface area contributed by atoms with E-state index in [1.165, 1.54) is 263 Å². The quantitative estimate of drug-likeness (QED) is 0.0361. The topological polar surface area (TPSA) is 89.8 Å². The minimum Gasteiger partial charge on any atom is -0.394 e. The third-order valence-electron chi connectivity index (χ3n) is 14.3. The highest BCUT2D eigenvalue weighted by molar-refractivity contribution is 5.76. The molecule has 3 unspecified atom stereocenters. The molecule has 392 valence electrons. The van der Waals surface area contributed by atoms with Gasteiger partial charge in [0.1, 0.15) is 6.10 Å². The van der Waals surface area contributed by atoms with Crippen LogP contribution in [0.2, 0.25) is 0 Å². The molecule has 0 saturated heterocycles. The summed E-state index contributed by atoms with van der Waals surface area (Å²) in [6.45, 7) is 4.21. The van der Waals surface area contributed by atoms with E-state index in [9.17, 15) is 20.1 Å². The average Bonchev–Trinajstić information content (AvgIpc) is 3.32. The number of rotatable bonds is 56. The maximum absolute atomic E-state index is 12.5. The number of amides is 1. The summed E-state index contributed by atoms with van der Waals surface area (Å²) in [4.78, 5) is 12.5. The molecular formula is C61H119NO4. The van der Waals surface area contributed by atoms with Crippen molar-refractivity contribution in [2.45, 2.75) is 353 Å². The first-order chi connectivity index (χ1) is 32.6. The highest BCUT2D eigenvalue weighted by Crippen LogP contribution is 2.18. The Morgan fingerprint density at radius 3 is 0.924 bits per heavy atom. The number of carbonyl (C=O) groups excluding carboxylic acids is 1. The monoisotopic (exact) mass is 930 g/mol. The van der Waals surface area contributed by atoms with Crippen molar-refractivity contribution in [3.8, 4) is 0 Å². The summed E-state index contributed by atoms with van der Waals surface area (Å²) in [7, 11) is 0. The van der Waals surface area contributed by atoms with Crippen LogP contribution in [0.15, 0.2) is 24.3 Å². The van der Waals surface area contributed by atoms with E-state index in [1.54, 1.807) is 0 Å². The van der Waals surface area contributed by atoms with Gasteiger partial charge in [0.25, 0.3) is 0 Å². The second-order valence-electron chi connectivity index (χ2n) is 20.9. The van der Waals surface area contributed by atoms with E-state index < -0.39 is 18.2 Å². The third-order valence-corrected chi connectivity index (χ3v) is 14.3. The molecule has 0 aromatic rings. The second kappa shape index (κ2) is 56.4. The predicted molar refractivity (Wildman–Crippen MR) is 292 cm³/mol. The van der Waals surface area contributed by atoms with Crippen LogP contribution in [-0.2, 0) is 4.79 Å². The minimum absolute atomic E-state index is 0.151. The molecule has 0 aliphatic rings. The van der Waals surface area contributed by atoms with Gasteiger partial charge in [0, 0.05) is 6.42 Å². The van der Waals surface area contributed by atoms with Crippen LogP contribution in [0, 0.1) is 0 Å². The maximum atomic E-state index is 12.5. The highest BCUT2D eigenvalue weighted by atomic mass is 16.3. The molecule has 3 atom stereocenters. The van der Waals surface area contributed by atoms with E-state index in [1.807, 2.05) is 0 Å². The number of hydrogen-bond acceptors (Lipinski definition) is 4. The van der Waals surface area contributed by atoms with Crippen molar-refractivity contribution in [2.75, 3.05) is 6.61 Å². The lowest BCUT2D eigenvalue weighted by molar-refractivity contribution is -0.124. The minimum atomic E-state index is -1.17. The van der Waals surface area contributed by atoms with Crippen molar-refractivity contribution in [1.82, 2.24) is 5.32 Å². The van der Waals surface area contributed by atoms with Crippen molar-refractivity contribution in [3.05, 3.63) is 24.3 Å². The molecule has 0 heterocycles. The maximum Gasteiger partial charge on any atom is 0.220 e. The largest absolute Gasteiger partial charge is 0.394 e. The van der Waals surface area contributed by atoms with Crippen molar-refractivity contribution < 1.29 is 20.1 Å². The molecule has 0 fully saturated rings. The molecule has 0 bridgehead atoms. The van der Waals surface area contributed by atoms with Gasteiger partial charge in [-0.25, -0.2) is 0 Å². The molecule has 0 aromatic carbocycles. The van der Waals surface area contributed by atoms with E-state index >= 15 is 0 Å². The van der Waals surface area contributed by atoms with Gasteiger partial charge in [0.15, 0.2) is 0 Å². The van der Waals surface area contributed by atoms with Crippen LogP contribution < -0.4 is 5.32 Å². The summed E-state index contributed by atoms with van der Waals surface area (Å²) in [5.74, 6) is -0.151. The van der Waals surface area contributed by atoms with Gasteiger partial charge in [0.2, 0.25) is 5.91 Å². The molecule has 1 amide bonds. The Balaban J connectivity index is 3.53. The zero-order chi connectivity index (χ0) is 47.9. The Hall–Kier alpha value is -1.17. The van der Waals surface area contributed by atoms with Crippen LogP contribution in [0.1, 0.15) is 335 Å². The van der Waals surface area contributed by atoms with Gasteiger partial charge in [-0.15, -0.1) is 0 Å². The smallest absolute Gasteiger partial charge is 0.220 e. The second-order valence-corrected chi connectivity index (χ2v) is 20.9. The average molecular weight is 931 g/mol. The highest BCUT2D eigenvalue weighted by Gasteiger charge is 2.26. The van der Waals surface area contributed by atoms with E-state index in [2.05, 4.69) is 43.5 Å². The van der Waals surface area contributed by atoms with Gasteiger partial charge in [-0.05, 0) is 51.4 Å². The first-order valence-corrected chi connectivity index (χ1v) is 30.1. The zero-order valence-corrected chi connectivity index (χ0v) is 44.9. The number of unbranched alkanes of at least 4 members (excludes halogenated alkanes) is 44. The van der Waals surface area contributed by atoms with E-state index in [0.29, 0.717) is 12.8 Å². The van der Waals surface area contributed by atoms with Gasteiger partial charge in [-0.3, -0.25) is 4.79 Å². The van der Waals surface area contributed by atoms with Gasteiger partial charge in [-0.2, -0.15) is 0 Å². The summed E-state index contributed by atoms with van der Waals surface area (Å²) in [6, 6.07) is -0.831. The predicted octanol–water partition coefficient (Wildman–Crippen LogP) is 18.8. The summed E-state index contributed by atoms with van der Waals surface area (Å²) in [5.41, 5.74) is 0. The summed E-state index contributed by atoms with van der Waals surface area (Å²) in [6.07, 6.45) is 72.1. The molecular weight excluding hydrogens is 811 g/mol. The fraction of sp³-hybridized carbons (Fsp3) is 0.918. The molecule has 4 N–H and O–H groups in total. The normalized spacial score (nSPS) is 13.3. The van der Waals surface area contributed by atoms with E-state index in [-0.39, 0.29) is 12.5 Å². The van der Waals surface area contributed by atoms with Gasteiger partial charge >= 0.3 is 0 Å². The Labute approximate surface area is 413 Å². The van der Waals surface area contributed by atoms with Gasteiger partial charge in [-0.1, -0.05) is 301 Å². The number of aliphatic hydroxyl groups excluding tert-OH is 3. The Morgan fingerprint density at radius 2 is 0.621 bits per heavy atom. The number of carbonyl (C=O) groups is 1. The summed E-state index contributed by atoms with van der Waals surface area (Å²) in [5, 5.41) is 33.8. The molecule has 0 aliphatic carbocycles. The van der Waals surface area contributed by atoms with Crippen molar-refractivity contribution >= 4 is 5.91 Å². The molecule has 0 aliphatic heterocycles. The van der Waals surface area contributed by atoms with Crippen molar-refractivity contribution in [2.24, 2.45) is 0 Å². The number of nitrogens with one attached hydrogen (secondary N) is 1. The van der Waals surface area contributed by atoms with Crippen LogP contribution in [0.4, 0.5) is 0 Å². The Kier molecular flexibility index (Phi) is 55.4. The fourth-order valence-corrected chi connectivity index (χ4v) is 9.65. The number of aliphatic hydroxyl groups is 3. The lowest BCUT2D eigenvalue weighted by Gasteiger charge is -2.26. The molecule has 0 aromatic heterocycles. The van der Waals surface area contributed by atoms with Crippen LogP contribution >= 0.6 is 0 Å². The lowest BCUT2D eigenvalue weighted by Crippen LogP contribution is -2.50. The Bertz CT molecular complexity index is 982. The van der Waals surface area contributed by atoms with Crippen molar-refractivity contribution in [3.63, 3.8) is 0 Å². The molecule has 5 nitrogen and oxygen atoms in total. The molecule has 0 radical (unpaired) electrons. The SMILES string of the molecule is CCCCCCCCCCCCCCCC/C=C/CC/C=C/CCCC(O)C(O)C(CO)NC(=O)CCCCCCCCCCCCCCCCCCCCCCCCCCCCCCC. The number of allylic oxidation sites excluding steroid dienone is 4. The number of hydrogen-bond donors (Lipinski definition) is 4. The van der Waals surface area contributed by atoms with Crippen LogP contribution in [0.3, 0.4) is 0 Å². The van der Waals surface area contributed by atoms with Crippen LogP contribution in [0.5, 0.6) is 0 Å². The van der Waals surface area contributed by atoms with Crippen molar-refractivity contribution in [1.29, 1.82) is 0 Å². The molecule has 66 heavy (non-hydrogen) atoms. The summed E-state index contributed by atoms with van der Waals surface area (Å²) < 4.78 is 0. The van der Waals surface area contributed by atoms with Crippen LogP contribution in [0.25, 0.3) is 0 Å². The molecule has 0 saturated carbocycles. The zero-order valence-electron chi connectivity index (χ0n) is 44.9. The van der Waals surface area contributed by atoms with Gasteiger partial charge < -0.3 is 20.6 Å². The third kappa shape index (κ3) is 50.7. The molecule has 0 spiro atoms. The first-order valence-electron chi connectivity index (χ1n) is 30.1. The summed E-state index contributed by atoms with van der Waals surface area (Å²) >= 11 is 0. The van der Waals surface area contributed by atoms with Crippen LogP contribution in [-0.4, -0.2) is 46.1 Å². The standard InChI is InChI=1S/C61H119NO4/c1-3-5-7-9-11-13-15-17-19-21-23-25-27-28-29-30-31-32-34-36-38-40-42-44-46-48-50-52-54-56-60(65)62-58(57-63)61(66)59(64)55-53-51-49-47-45-43-41-39-37-35-33-26-24-22-20-18-16-14-12-10-8-6-4-2/h39,41,47,49,58-59,61,63-64,66H,3-38,40,42-46,48,50-57H2,1-2H3,(H,62,65)/b41-39+,49-47+. The van der Waals surface area contributed by atoms with Gasteiger partial charge in [0.05, 0.1) is 18.8 Å². The first kappa shape index (κ1) is 64.8. The lowest BCUT2D eigenvalue weighted by atomic mass is 10.0. The van der Waals surface area contributed by atoms with E-state index in [4.69, 9.17) is 0 Å². The Morgan fingerprint density at radius 1 is 0.364 bits per heavy atom. The fourth-order valence-electron chi connectivity index (χ4n) is 9.65. The van der Waals surface area contributed by atoms with E-state index in [0.717, 1.165) is 44.9 Å². The molecule has 5 heteroatoms. The molecule has 0 rings (SSSR count).